The fourth-order valence-electron chi connectivity index (χ4n) is 0.747. The summed E-state index contributed by atoms with van der Waals surface area (Å²) in [6, 6.07) is 1.35. The first-order valence-corrected chi connectivity index (χ1v) is 5.09. The third-order valence-electron chi connectivity index (χ3n) is 1.20. The Hall–Kier alpha value is -0.520. The molecule has 0 amide bonds. The Morgan fingerprint density at radius 3 is 2.75 bits per heavy atom. The maximum Gasteiger partial charge on any atom is 0.300 e. The van der Waals surface area contributed by atoms with Gasteiger partial charge in [0.15, 0.2) is 0 Å². The van der Waals surface area contributed by atoms with Crippen LogP contribution in [0.2, 0.25) is 5.15 Å². The van der Waals surface area contributed by atoms with Gasteiger partial charge in [-0.1, -0.05) is 11.6 Å². The van der Waals surface area contributed by atoms with Crippen LogP contribution in [0.25, 0.3) is 0 Å². The number of hydrogen-bond donors (Lipinski definition) is 1. The number of halogens is 1. The van der Waals surface area contributed by atoms with E-state index in [1.807, 2.05) is 0 Å². The summed E-state index contributed by atoms with van der Waals surface area (Å²) in [4.78, 5) is 2.52. The van der Waals surface area contributed by atoms with Gasteiger partial charge < -0.3 is 4.98 Å². The molecule has 0 spiro atoms. The highest BCUT2D eigenvalue weighted by molar-refractivity contribution is 7.86. The van der Waals surface area contributed by atoms with E-state index in [1.54, 1.807) is 6.92 Å². The Kier molecular flexibility index (Phi) is 2.76. The van der Waals surface area contributed by atoms with Crippen LogP contribution in [0.3, 0.4) is 0 Å². The molecule has 1 aromatic rings. The molecule has 1 N–H and O–H groups in total. The van der Waals surface area contributed by atoms with Gasteiger partial charge in [0, 0.05) is 6.20 Å². The molecule has 0 aliphatic rings. The Balaban J connectivity index is 3.06. The molecule has 0 saturated carbocycles. The van der Waals surface area contributed by atoms with E-state index >= 15 is 0 Å². The zero-order chi connectivity index (χ0) is 9.19. The van der Waals surface area contributed by atoms with Crippen LogP contribution in [0, 0.1) is 0 Å². The van der Waals surface area contributed by atoms with Gasteiger partial charge in [-0.25, -0.2) is 0 Å². The molecule has 1 aromatic heterocycles. The van der Waals surface area contributed by atoms with Gasteiger partial charge in [-0.2, -0.15) is 8.42 Å². The van der Waals surface area contributed by atoms with Crippen molar-refractivity contribution in [1.82, 2.24) is 4.98 Å². The summed E-state index contributed by atoms with van der Waals surface area (Å²) in [6.07, 6.45) is 1.44. The second-order valence-corrected chi connectivity index (χ2v) is 3.98. The normalized spacial score (nSPS) is 11.8. The lowest BCUT2D eigenvalue weighted by atomic mass is 10.7. The molecule has 0 bridgehead atoms. The Labute approximate surface area is 75.6 Å². The van der Waals surface area contributed by atoms with Gasteiger partial charge in [0.05, 0.1) is 6.61 Å². The molecule has 1 rings (SSSR count). The molecular weight excluding hydrogens is 202 g/mol. The van der Waals surface area contributed by atoms with Crippen molar-refractivity contribution in [3.05, 3.63) is 17.4 Å². The van der Waals surface area contributed by atoms with Crippen molar-refractivity contribution >= 4 is 21.7 Å². The van der Waals surface area contributed by atoms with Crippen LogP contribution in [0.5, 0.6) is 0 Å². The molecule has 4 nitrogen and oxygen atoms in total. The molecule has 1 heterocycles. The summed E-state index contributed by atoms with van der Waals surface area (Å²) in [5, 5.41) is 0.0726. The Bertz CT molecular complexity index is 357. The number of aromatic amines is 1. The van der Waals surface area contributed by atoms with Gasteiger partial charge in [-0.05, 0) is 13.0 Å². The summed E-state index contributed by atoms with van der Waals surface area (Å²) < 4.78 is 26.9. The maximum absolute atomic E-state index is 11.2. The summed E-state index contributed by atoms with van der Waals surface area (Å²) >= 11 is 5.55. The minimum absolute atomic E-state index is 0.0222. The van der Waals surface area contributed by atoms with E-state index in [0.29, 0.717) is 0 Å². The van der Waals surface area contributed by atoms with Crippen molar-refractivity contribution in [3.8, 4) is 0 Å². The zero-order valence-corrected chi connectivity index (χ0v) is 7.95. The van der Waals surface area contributed by atoms with Crippen molar-refractivity contribution in [3.63, 3.8) is 0 Å². The Morgan fingerprint density at radius 1 is 1.67 bits per heavy atom. The van der Waals surface area contributed by atoms with Crippen molar-refractivity contribution in [2.24, 2.45) is 0 Å². The lowest BCUT2D eigenvalue weighted by Crippen LogP contribution is -2.05. The summed E-state index contributed by atoms with van der Waals surface area (Å²) in [6.45, 7) is 1.70. The minimum atomic E-state index is -3.66. The summed E-state index contributed by atoms with van der Waals surface area (Å²) in [5.41, 5.74) is 0. The van der Waals surface area contributed by atoms with Crippen LogP contribution in [0.15, 0.2) is 17.2 Å². The first kappa shape index (κ1) is 9.57. The maximum atomic E-state index is 11.2. The molecular formula is C6H8ClNO3S. The first-order chi connectivity index (χ1) is 5.58. The average Bonchev–Trinajstić information content (AvgIpc) is 2.35. The van der Waals surface area contributed by atoms with E-state index < -0.39 is 10.1 Å². The third-order valence-corrected chi connectivity index (χ3v) is 3.05. The lowest BCUT2D eigenvalue weighted by Gasteiger charge is -1.99. The number of aromatic nitrogens is 1. The fourth-order valence-corrected chi connectivity index (χ4v) is 2.11. The molecule has 0 atom stereocenters. The topological polar surface area (TPSA) is 59.2 Å². The quantitative estimate of drug-likeness (QED) is 0.766. The molecule has 0 saturated heterocycles. The van der Waals surface area contributed by atoms with Crippen LogP contribution >= 0.6 is 11.6 Å². The number of hydrogen-bond acceptors (Lipinski definition) is 3. The molecule has 0 aliphatic heterocycles. The average molecular weight is 210 g/mol. The fraction of sp³-hybridized carbons (Fsp3) is 0.333. The van der Waals surface area contributed by atoms with E-state index in [2.05, 4.69) is 9.17 Å². The van der Waals surface area contributed by atoms with Crippen LogP contribution in [-0.4, -0.2) is 20.0 Å². The lowest BCUT2D eigenvalue weighted by molar-refractivity contribution is 0.338. The summed E-state index contributed by atoms with van der Waals surface area (Å²) in [7, 11) is -3.66. The van der Waals surface area contributed by atoms with E-state index in [9.17, 15) is 8.42 Å². The molecule has 12 heavy (non-hydrogen) atoms. The van der Waals surface area contributed by atoms with Crippen LogP contribution in [0.4, 0.5) is 0 Å². The van der Waals surface area contributed by atoms with Gasteiger partial charge in [0.25, 0.3) is 10.1 Å². The predicted octanol–water partition coefficient (Wildman–Crippen LogP) is 1.39. The molecule has 68 valence electrons. The van der Waals surface area contributed by atoms with Crippen LogP contribution < -0.4 is 0 Å². The van der Waals surface area contributed by atoms with Crippen molar-refractivity contribution in [1.29, 1.82) is 0 Å². The van der Waals surface area contributed by atoms with Crippen LogP contribution in [0.1, 0.15) is 6.92 Å². The minimum Gasteiger partial charge on any atom is -0.351 e. The van der Waals surface area contributed by atoms with E-state index in [-0.39, 0.29) is 16.7 Å². The van der Waals surface area contributed by atoms with E-state index in [4.69, 9.17) is 11.6 Å². The van der Waals surface area contributed by atoms with E-state index in [0.717, 1.165) is 0 Å². The van der Waals surface area contributed by atoms with Gasteiger partial charge in [-0.15, -0.1) is 0 Å². The number of nitrogens with one attached hydrogen (secondary N) is 1. The van der Waals surface area contributed by atoms with Gasteiger partial charge in [0.1, 0.15) is 10.0 Å². The van der Waals surface area contributed by atoms with Crippen LogP contribution in [-0.2, 0) is 14.3 Å². The van der Waals surface area contributed by atoms with Gasteiger partial charge in [-0.3, -0.25) is 4.18 Å². The highest BCUT2D eigenvalue weighted by Crippen LogP contribution is 2.20. The monoisotopic (exact) mass is 209 g/mol. The van der Waals surface area contributed by atoms with Crippen molar-refractivity contribution in [2.75, 3.05) is 6.61 Å². The number of rotatable bonds is 3. The highest BCUT2D eigenvalue weighted by Gasteiger charge is 2.18. The smallest absolute Gasteiger partial charge is 0.300 e. The van der Waals surface area contributed by atoms with E-state index in [1.165, 1.54) is 12.3 Å². The second kappa shape index (κ2) is 3.47. The Morgan fingerprint density at radius 2 is 2.33 bits per heavy atom. The molecule has 0 unspecified atom stereocenters. The van der Waals surface area contributed by atoms with Gasteiger partial charge in [0.2, 0.25) is 0 Å². The largest absolute Gasteiger partial charge is 0.351 e. The molecule has 0 fully saturated rings. The predicted molar refractivity (Wildman–Crippen MR) is 44.6 cm³/mol. The summed E-state index contributed by atoms with van der Waals surface area (Å²) in [5.74, 6) is 0. The SMILES string of the molecule is CCOS(=O)(=O)c1cc[nH]c1Cl. The van der Waals surface area contributed by atoms with Crippen molar-refractivity contribution < 1.29 is 12.6 Å². The van der Waals surface area contributed by atoms with Crippen molar-refractivity contribution in [2.45, 2.75) is 11.8 Å². The highest BCUT2D eigenvalue weighted by atomic mass is 35.5. The molecule has 6 heteroatoms. The number of H-pyrrole nitrogens is 1. The first-order valence-electron chi connectivity index (χ1n) is 3.30. The van der Waals surface area contributed by atoms with Gasteiger partial charge >= 0.3 is 0 Å². The third kappa shape index (κ3) is 1.80. The standard InChI is InChI=1S/C6H8ClNO3S/c1-2-11-12(9,10)5-3-4-8-6(5)7/h3-4,8H,2H2,1H3. The molecule has 0 aliphatic carbocycles. The zero-order valence-electron chi connectivity index (χ0n) is 6.37. The molecule has 0 radical (unpaired) electrons. The molecule has 0 aromatic carbocycles. The second-order valence-electron chi connectivity index (χ2n) is 2.02.